The summed E-state index contributed by atoms with van der Waals surface area (Å²) in [5.74, 6) is 0. The van der Waals surface area contributed by atoms with Crippen molar-refractivity contribution in [1.29, 1.82) is 0 Å². The Morgan fingerprint density at radius 1 is 1.14 bits per heavy atom. The van der Waals surface area contributed by atoms with E-state index in [0.717, 1.165) is 0 Å². The van der Waals surface area contributed by atoms with Gasteiger partial charge in [-0.25, -0.2) is 0 Å². The molecule has 0 atom stereocenters. The Bertz CT molecular complexity index is 113. The summed E-state index contributed by atoms with van der Waals surface area (Å²) in [5.41, 5.74) is 0. The summed E-state index contributed by atoms with van der Waals surface area (Å²) in [6.45, 7) is 0. The second-order valence-corrected chi connectivity index (χ2v) is 4.32. The van der Waals surface area contributed by atoms with Crippen molar-refractivity contribution in [2.45, 2.75) is 0 Å². The van der Waals surface area contributed by atoms with E-state index in [0.29, 0.717) is 39.1 Å². The molecule has 0 spiro atoms. The van der Waals surface area contributed by atoms with Crippen molar-refractivity contribution in [3.8, 4) is 0 Å². The number of hydrogen-bond donors (Lipinski definition) is 0. The van der Waals surface area contributed by atoms with Crippen molar-refractivity contribution in [1.82, 2.24) is 0 Å². The van der Waals surface area contributed by atoms with E-state index >= 15 is 0 Å². The molecule has 4 nitrogen and oxygen atoms in total. The van der Waals surface area contributed by atoms with E-state index < -0.39 is 10.4 Å². The first-order valence-electron chi connectivity index (χ1n) is 0.975. The molecule has 7 heavy (non-hydrogen) atoms. The third-order valence-electron chi connectivity index (χ3n) is 0.154. The zero-order chi connectivity index (χ0) is 5.91. The second-order valence-electron chi connectivity index (χ2n) is 0.534. The van der Waals surface area contributed by atoms with Crippen LogP contribution < -0.4 is 0 Å². The molecule has 0 aliphatic carbocycles. The van der Waals surface area contributed by atoms with Gasteiger partial charge in [0.25, 0.3) is 0 Å². The van der Waals surface area contributed by atoms with E-state index in [2.05, 4.69) is 5.81 Å². The van der Waals surface area contributed by atoms with Crippen LogP contribution in [0.1, 0.15) is 0 Å². The minimum absolute atomic E-state index is 0.682. The molecule has 0 aromatic carbocycles. The van der Waals surface area contributed by atoms with Gasteiger partial charge < -0.3 is 0 Å². The van der Waals surface area contributed by atoms with Crippen molar-refractivity contribution < 1.29 is 53.4 Å². The predicted molar refractivity (Wildman–Crippen MR) is 11.1 cm³/mol. The van der Waals surface area contributed by atoms with Crippen molar-refractivity contribution in [3.05, 3.63) is 0 Å². The average Bonchev–Trinajstić information content (AvgIpc) is 1.68. The predicted octanol–water partition coefficient (Wildman–Crippen LogP) is -0.812. The maximum atomic E-state index is 9.95. The van der Waals surface area contributed by atoms with E-state index in [1.54, 1.807) is 0 Å². The van der Waals surface area contributed by atoms with E-state index in [1.165, 1.54) is 0 Å². The molecule has 0 fully saturated rings. The van der Waals surface area contributed by atoms with Gasteiger partial charge in [0.2, 0.25) is 0 Å². The molecule has 0 aliphatic rings. The fourth-order valence-corrected chi connectivity index (χ4v) is 1.95. The third-order valence-corrected chi connectivity index (χ3v) is 3.79. The quantitative estimate of drug-likeness (QED) is 0.532. The summed E-state index contributed by atoms with van der Waals surface area (Å²) < 4.78 is 27.7. The Kier molecular flexibility index (Phi) is 3.82. The summed E-state index contributed by atoms with van der Waals surface area (Å²) in [5, 5.41) is 0. The second kappa shape index (κ2) is 3.27. The van der Waals surface area contributed by atoms with E-state index in [1.807, 2.05) is 0 Å². The fourth-order valence-electron chi connectivity index (χ4n) is 0.00972. The van der Waals surface area contributed by atoms with Crippen LogP contribution in [0, 0.1) is 0 Å². The molecule has 0 saturated carbocycles. The molecular formula is O4Re2S. The van der Waals surface area contributed by atoms with E-state index in [4.69, 9.17) is 0 Å². The first kappa shape index (κ1) is 8.19. The Morgan fingerprint density at radius 2 is 1.43 bits per heavy atom. The minimum atomic E-state index is -3.61. The summed E-state index contributed by atoms with van der Waals surface area (Å²) in [4.78, 5) is 0. The Labute approximate surface area is 63.6 Å². The van der Waals surface area contributed by atoms with Crippen LogP contribution >= 0.6 is 0 Å². The van der Waals surface area contributed by atoms with Crippen LogP contribution in [0.4, 0.5) is 0 Å². The molecule has 7 heteroatoms. The molecule has 0 N–H and O–H groups in total. The monoisotopic (exact) mass is 470 g/mol. The fraction of sp³-hybridized carbons (Fsp3) is 0. The van der Waals surface area contributed by atoms with Crippen LogP contribution in [0.15, 0.2) is 0 Å². The van der Waals surface area contributed by atoms with E-state index in [9.17, 15) is 8.42 Å². The van der Waals surface area contributed by atoms with Crippen LogP contribution in [-0.4, -0.2) is 8.42 Å². The topological polar surface area (TPSA) is 52.6 Å². The molecule has 0 saturated heterocycles. The molecule has 0 aromatic rings. The van der Waals surface area contributed by atoms with Crippen LogP contribution in [0.5, 0.6) is 0 Å². The van der Waals surface area contributed by atoms with Crippen molar-refractivity contribution in [2.75, 3.05) is 0 Å². The first-order chi connectivity index (χ1) is 3.12. The van der Waals surface area contributed by atoms with Gasteiger partial charge in [0, 0.05) is 0 Å². The van der Waals surface area contributed by atoms with Gasteiger partial charge in [0.1, 0.15) is 0 Å². The molecule has 0 amide bonds. The zero-order valence-corrected chi connectivity index (χ0v) is 9.05. The Balaban J connectivity index is 3.89. The zero-order valence-electron chi connectivity index (χ0n) is 2.80. The van der Waals surface area contributed by atoms with Crippen molar-refractivity contribution >= 4 is 10.4 Å². The molecule has 0 unspecified atom stereocenters. The number of rotatable bonds is 2. The molecular weight excluding hydrogens is 468 g/mol. The van der Waals surface area contributed by atoms with Crippen molar-refractivity contribution in [2.24, 2.45) is 0 Å². The van der Waals surface area contributed by atoms with Gasteiger partial charge in [-0.2, -0.15) is 0 Å². The molecule has 0 bridgehead atoms. The normalized spacial score (nSPS) is 11.7. The number of hydrogen-bond acceptors (Lipinski definition) is 4. The molecule has 0 aromatic heterocycles. The summed E-state index contributed by atoms with van der Waals surface area (Å²) in [6, 6.07) is 0. The van der Waals surface area contributed by atoms with Gasteiger partial charge in [-0.1, -0.05) is 0 Å². The SMILES string of the molecule is O=S(=O)([O][Re])[O][Re]. The van der Waals surface area contributed by atoms with Gasteiger partial charge in [-0.05, 0) is 0 Å². The summed E-state index contributed by atoms with van der Waals surface area (Å²) in [7, 11) is -3.61. The molecule has 0 heterocycles. The van der Waals surface area contributed by atoms with Crippen LogP contribution in [-0.2, 0) is 55.4 Å². The Hall–Kier alpha value is 1.19. The summed E-state index contributed by atoms with van der Waals surface area (Å²) >= 11 is 1.36. The van der Waals surface area contributed by atoms with E-state index in [-0.39, 0.29) is 0 Å². The van der Waals surface area contributed by atoms with Crippen LogP contribution in [0.25, 0.3) is 0 Å². The maximum absolute atomic E-state index is 9.95. The standard InChI is InChI=1S/H2O4S.2Re/c1-5(2,3)4;;/h(H2,1,2,3,4);;/q;2*+1/p-2. The van der Waals surface area contributed by atoms with Crippen LogP contribution in [0.2, 0.25) is 0 Å². The Morgan fingerprint density at radius 3 is 1.43 bits per heavy atom. The third kappa shape index (κ3) is 3.75. The first-order valence-corrected chi connectivity index (χ1v) is 4.53. The molecule has 44 valence electrons. The molecule has 0 aliphatic heterocycles. The summed E-state index contributed by atoms with van der Waals surface area (Å²) in [6.07, 6.45) is 0. The van der Waals surface area contributed by atoms with Gasteiger partial charge >= 0.3 is 63.8 Å². The molecule has 0 rings (SSSR count). The van der Waals surface area contributed by atoms with Gasteiger partial charge in [-0.3, -0.25) is 0 Å². The van der Waals surface area contributed by atoms with Crippen LogP contribution in [0.3, 0.4) is 0 Å². The average molecular weight is 468 g/mol. The van der Waals surface area contributed by atoms with Gasteiger partial charge in [0.05, 0.1) is 0 Å². The van der Waals surface area contributed by atoms with Gasteiger partial charge in [0.15, 0.2) is 0 Å². The van der Waals surface area contributed by atoms with Gasteiger partial charge in [-0.15, -0.1) is 0 Å². The molecule has 0 radical (unpaired) electrons. The van der Waals surface area contributed by atoms with Crippen molar-refractivity contribution in [3.63, 3.8) is 0 Å².